The maximum atomic E-state index is 11.7. The lowest BCUT2D eigenvalue weighted by Crippen LogP contribution is -2.32. The van der Waals surface area contributed by atoms with E-state index in [9.17, 15) is 9.59 Å². The topological polar surface area (TPSA) is 96.9 Å². The van der Waals surface area contributed by atoms with Gasteiger partial charge in [-0.3, -0.25) is 0 Å². The van der Waals surface area contributed by atoms with Gasteiger partial charge in [-0.25, -0.2) is 9.59 Å². The van der Waals surface area contributed by atoms with E-state index < -0.39 is 18.6 Å². The van der Waals surface area contributed by atoms with E-state index in [1.807, 2.05) is 6.92 Å². The summed E-state index contributed by atoms with van der Waals surface area (Å²) >= 11 is 5.97. The number of anilines is 1. The third-order valence-corrected chi connectivity index (χ3v) is 2.89. The number of carboxylic acids is 1. The molecule has 0 fully saturated rings. The Hall–Kier alpha value is -1.99. The Morgan fingerprint density at radius 3 is 2.71 bits per heavy atom. The molecule has 3 N–H and O–H groups in total. The SMILES string of the molecule is COc1cc(Cl)c(C)cc1NC(=O)NCCOCC(=O)O. The van der Waals surface area contributed by atoms with Gasteiger partial charge in [0.05, 0.1) is 19.4 Å². The van der Waals surface area contributed by atoms with Crippen molar-refractivity contribution in [3.05, 3.63) is 22.7 Å². The first-order chi connectivity index (χ1) is 9.93. The van der Waals surface area contributed by atoms with Crippen LogP contribution in [0.15, 0.2) is 12.1 Å². The lowest BCUT2D eigenvalue weighted by atomic mass is 10.2. The third kappa shape index (κ3) is 5.88. The van der Waals surface area contributed by atoms with E-state index in [0.29, 0.717) is 16.5 Å². The van der Waals surface area contributed by atoms with Crippen molar-refractivity contribution in [2.75, 3.05) is 32.2 Å². The number of nitrogens with one attached hydrogen (secondary N) is 2. The van der Waals surface area contributed by atoms with Crippen LogP contribution in [0.1, 0.15) is 5.56 Å². The molecule has 0 aromatic heterocycles. The highest BCUT2D eigenvalue weighted by Crippen LogP contribution is 2.30. The van der Waals surface area contributed by atoms with Crippen LogP contribution in [-0.4, -0.2) is 44.0 Å². The van der Waals surface area contributed by atoms with Gasteiger partial charge in [0.15, 0.2) is 0 Å². The van der Waals surface area contributed by atoms with Crippen molar-refractivity contribution in [1.29, 1.82) is 0 Å². The van der Waals surface area contributed by atoms with Crippen molar-refractivity contribution in [3.63, 3.8) is 0 Å². The monoisotopic (exact) mass is 316 g/mol. The molecule has 0 aliphatic heterocycles. The highest BCUT2D eigenvalue weighted by Gasteiger charge is 2.10. The molecular formula is C13H17ClN2O5. The summed E-state index contributed by atoms with van der Waals surface area (Å²) in [7, 11) is 1.48. The maximum Gasteiger partial charge on any atom is 0.329 e. The number of carbonyl (C=O) groups excluding carboxylic acids is 1. The van der Waals surface area contributed by atoms with Crippen LogP contribution in [0.25, 0.3) is 0 Å². The minimum atomic E-state index is -1.05. The number of hydrogen-bond acceptors (Lipinski definition) is 4. The van der Waals surface area contributed by atoms with Crippen LogP contribution in [0.3, 0.4) is 0 Å². The fourth-order valence-electron chi connectivity index (χ4n) is 1.49. The molecule has 116 valence electrons. The van der Waals surface area contributed by atoms with Crippen LogP contribution < -0.4 is 15.4 Å². The molecule has 0 saturated carbocycles. The largest absolute Gasteiger partial charge is 0.495 e. The summed E-state index contributed by atoms with van der Waals surface area (Å²) in [6.07, 6.45) is 0. The molecule has 0 atom stereocenters. The summed E-state index contributed by atoms with van der Waals surface area (Å²) in [5.41, 5.74) is 1.29. The summed E-state index contributed by atoms with van der Waals surface area (Å²) in [5.74, 6) is -0.608. The fourth-order valence-corrected chi connectivity index (χ4v) is 1.65. The first-order valence-corrected chi connectivity index (χ1v) is 6.50. The Kier molecular flexibility index (Phi) is 6.77. The number of hydrogen-bond donors (Lipinski definition) is 3. The molecule has 0 radical (unpaired) electrons. The standard InChI is InChI=1S/C13H17ClN2O5/c1-8-5-10(11(20-2)6-9(8)14)16-13(19)15-3-4-21-7-12(17)18/h5-6H,3-4,7H2,1-2H3,(H,17,18)(H2,15,16,19). The quantitative estimate of drug-likeness (QED) is 0.667. The molecule has 0 saturated heterocycles. The molecule has 0 heterocycles. The molecule has 1 aromatic carbocycles. The van der Waals surface area contributed by atoms with Crippen LogP contribution in [0.4, 0.5) is 10.5 Å². The van der Waals surface area contributed by atoms with Gasteiger partial charge in [-0.05, 0) is 18.6 Å². The minimum Gasteiger partial charge on any atom is -0.495 e. The van der Waals surface area contributed by atoms with Crippen molar-refractivity contribution < 1.29 is 24.2 Å². The zero-order chi connectivity index (χ0) is 15.8. The summed E-state index contributed by atoms with van der Waals surface area (Å²) < 4.78 is 9.93. The molecule has 0 aliphatic rings. The van der Waals surface area contributed by atoms with Crippen molar-refractivity contribution in [2.24, 2.45) is 0 Å². The second kappa shape index (κ2) is 8.33. The van der Waals surface area contributed by atoms with Gasteiger partial charge in [-0.1, -0.05) is 11.6 Å². The van der Waals surface area contributed by atoms with Crippen LogP contribution >= 0.6 is 11.6 Å². The van der Waals surface area contributed by atoms with Crippen molar-refractivity contribution in [2.45, 2.75) is 6.92 Å². The predicted octanol–water partition coefficient (Wildman–Crippen LogP) is 1.88. The number of rotatable bonds is 7. The van der Waals surface area contributed by atoms with Gasteiger partial charge in [0, 0.05) is 17.6 Å². The summed E-state index contributed by atoms with van der Waals surface area (Å²) in [4.78, 5) is 21.9. The highest BCUT2D eigenvalue weighted by atomic mass is 35.5. The number of aliphatic carboxylic acids is 1. The number of carbonyl (C=O) groups is 2. The fraction of sp³-hybridized carbons (Fsp3) is 0.385. The summed E-state index contributed by atoms with van der Waals surface area (Å²) in [6, 6.07) is 2.86. The van der Waals surface area contributed by atoms with Gasteiger partial charge >= 0.3 is 12.0 Å². The molecule has 2 amide bonds. The zero-order valence-corrected chi connectivity index (χ0v) is 12.5. The number of carboxylic acid groups (broad SMARTS) is 1. The van der Waals surface area contributed by atoms with Crippen LogP contribution in [-0.2, 0) is 9.53 Å². The van der Waals surface area contributed by atoms with E-state index in [2.05, 4.69) is 10.6 Å². The number of halogens is 1. The second-order valence-corrected chi connectivity index (χ2v) is 4.54. The first kappa shape index (κ1) is 17.1. The second-order valence-electron chi connectivity index (χ2n) is 4.13. The molecule has 7 nitrogen and oxygen atoms in total. The molecule has 0 spiro atoms. The van der Waals surface area contributed by atoms with Crippen molar-refractivity contribution in [1.82, 2.24) is 5.32 Å². The van der Waals surface area contributed by atoms with Crippen LogP contribution in [0.2, 0.25) is 5.02 Å². The van der Waals surface area contributed by atoms with Gasteiger partial charge in [0.1, 0.15) is 12.4 Å². The number of ether oxygens (including phenoxy) is 2. The predicted molar refractivity (Wildman–Crippen MR) is 78.2 cm³/mol. The number of amides is 2. The van der Waals surface area contributed by atoms with E-state index in [-0.39, 0.29) is 13.2 Å². The van der Waals surface area contributed by atoms with E-state index in [4.69, 9.17) is 26.2 Å². The van der Waals surface area contributed by atoms with E-state index in [0.717, 1.165) is 5.56 Å². The molecular weight excluding hydrogens is 300 g/mol. The molecule has 21 heavy (non-hydrogen) atoms. The number of aryl methyl sites for hydroxylation is 1. The summed E-state index contributed by atoms with van der Waals surface area (Å²) in [6.45, 7) is 1.71. The Morgan fingerprint density at radius 1 is 1.38 bits per heavy atom. The molecule has 1 rings (SSSR count). The maximum absolute atomic E-state index is 11.7. The van der Waals surface area contributed by atoms with E-state index >= 15 is 0 Å². The highest BCUT2D eigenvalue weighted by molar-refractivity contribution is 6.31. The molecule has 1 aromatic rings. The summed E-state index contributed by atoms with van der Waals surface area (Å²) in [5, 5.41) is 14.1. The number of urea groups is 1. The molecule has 8 heteroatoms. The van der Waals surface area contributed by atoms with Gasteiger partial charge in [0.25, 0.3) is 0 Å². The van der Waals surface area contributed by atoms with Gasteiger partial charge in [0.2, 0.25) is 0 Å². The smallest absolute Gasteiger partial charge is 0.329 e. The van der Waals surface area contributed by atoms with E-state index in [1.165, 1.54) is 7.11 Å². The van der Waals surface area contributed by atoms with Gasteiger partial charge < -0.3 is 25.2 Å². The van der Waals surface area contributed by atoms with Crippen molar-refractivity contribution in [3.8, 4) is 5.75 Å². The first-order valence-electron chi connectivity index (χ1n) is 6.12. The van der Waals surface area contributed by atoms with Crippen LogP contribution in [0.5, 0.6) is 5.75 Å². The zero-order valence-electron chi connectivity index (χ0n) is 11.7. The van der Waals surface area contributed by atoms with Crippen molar-refractivity contribution >= 4 is 29.3 Å². The Morgan fingerprint density at radius 2 is 2.10 bits per heavy atom. The number of benzene rings is 1. The average Bonchev–Trinajstić information content (AvgIpc) is 2.41. The molecule has 0 bridgehead atoms. The lowest BCUT2D eigenvalue weighted by molar-refractivity contribution is -0.142. The number of methoxy groups -OCH3 is 1. The third-order valence-electron chi connectivity index (χ3n) is 2.49. The van der Waals surface area contributed by atoms with Gasteiger partial charge in [-0.15, -0.1) is 0 Å². The Balaban J connectivity index is 2.47. The molecule has 0 unspecified atom stereocenters. The minimum absolute atomic E-state index is 0.108. The van der Waals surface area contributed by atoms with Gasteiger partial charge in [-0.2, -0.15) is 0 Å². The lowest BCUT2D eigenvalue weighted by Gasteiger charge is -2.13. The Labute approximate surface area is 127 Å². The van der Waals surface area contributed by atoms with Crippen LogP contribution in [0, 0.1) is 6.92 Å². The molecule has 0 aliphatic carbocycles. The average molecular weight is 317 g/mol. The normalized spacial score (nSPS) is 10.0. The Bertz CT molecular complexity index is 522. The van der Waals surface area contributed by atoms with E-state index in [1.54, 1.807) is 12.1 Å².